The van der Waals surface area contributed by atoms with Gasteiger partial charge in [0.1, 0.15) is 0 Å². The van der Waals surface area contributed by atoms with Crippen molar-refractivity contribution in [3.63, 3.8) is 0 Å². The van der Waals surface area contributed by atoms with Gasteiger partial charge in [-0.1, -0.05) is 45.7 Å². The van der Waals surface area contributed by atoms with Crippen molar-refractivity contribution in [1.82, 2.24) is 0 Å². The van der Waals surface area contributed by atoms with Crippen LogP contribution >= 0.6 is 31.9 Å². The Bertz CT molecular complexity index is 420. The van der Waals surface area contributed by atoms with Crippen LogP contribution in [0.4, 0.5) is 11.4 Å². The van der Waals surface area contributed by atoms with Crippen LogP contribution in [0.25, 0.3) is 0 Å². The summed E-state index contributed by atoms with van der Waals surface area (Å²) in [6, 6.07) is 7.05. The van der Waals surface area contributed by atoms with E-state index in [9.17, 15) is 9.59 Å². The molecule has 6 heteroatoms. The first-order valence-electron chi connectivity index (χ1n) is 6.47. The fourth-order valence-corrected chi connectivity index (χ4v) is 1.68. The molecule has 1 rings (SSSR count). The summed E-state index contributed by atoms with van der Waals surface area (Å²) in [4.78, 5) is 23.0. The number of hydrogen-bond donors (Lipinski definition) is 2. The average Bonchev–Trinajstić information content (AvgIpc) is 2.47. The van der Waals surface area contributed by atoms with Gasteiger partial charge in [-0.3, -0.25) is 9.59 Å². The maximum Gasteiger partial charge on any atom is 0.238 e. The molecule has 0 heterocycles. The fraction of sp³-hybridized carbons (Fsp3) is 0.429. The summed E-state index contributed by atoms with van der Waals surface area (Å²) >= 11 is 6.59. The molecule has 20 heavy (non-hydrogen) atoms. The number of nitrogens with one attached hydrogen (secondary N) is 2. The molecular formula is C14H18Br2N2O2. The van der Waals surface area contributed by atoms with Gasteiger partial charge in [-0.05, 0) is 37.1 Å². The van der Waals surface area contributed by atoms with Gasteiger partial charge >= 0.3 is 0 Å². The van der Waals surface area contributed by atoms with Gasteiger partial charge in [0, 0.05) is 11.4 Å². The Hall–Kier alpha value is -0.880. The molecule has 1 aromatic rings. The highest BCUT2D eigenvalue weighted by atomic mass is 79.9. The average molecular weight is 406 g/mol. The Morgan fingerprint density at radius 2 is 1.20 bits per heavy atom. The molecular weight excluding hydrogens is 388 g/mol. The van der Waals surface area contributed by atoms with Gasteiger partial charge in [0.25, 0.3) is 0 Å². The predicted octanol–water partition coefficient (Wildman–Crippen LogP) is 3.91. The quantitative estimate of drug-likeness (QED) is 0.705. The Morgan fingerprint density at radius 1 is 0.900 bits per heavy atom. The van der Waals surface area contributed by atoms with E-state index in [4.69, 9.17) is 0 Å². The topological polar surface area (TPSA) is 58.2 Å². The molecule has 0 bridgehead atoms. The van der Waals surface area contributed by atoms with Crippen LogP contribution in [0.2, 0.25) is 0 Å². The van der Waals surface area contributed by atoms with Crippen LogP contribution in [-0.2, 0) is 9.59 Å². The zero-order chi connectivity index (χ0) is 15.1. The Kier molecular flexibility index (Phi) is 7.23. The minimum atomic E-state index is -0.194. The van der Waals surface area contributed by atoms with Crippen LogP contribution < -0.4 is 10.6 Å². The summed E-state index contributed by atoms with van der Waals surface area (Å²) in [5.74, 6) is -0.147. The lowest BCUT2D eigenvalue weighted by molar-refractivity contribution is -0.116. The van der Waals surface area contributed by atoms with Crippen molar-refractivity contribution in [2.75, 3.05) is 10.6 Å². The van der Waals surface area contributed by atoms with Crippen molar-refractivity contribution in [2.24, 2.45) is 0 Å². The molecule has 0 aromatic heterocycles. The minimum absolute atomic E-state index is 0.0733. The Morgan fingerprint density at radius 3 is 1.45 bits per heavy atom. The number of rotatable bonds is 6. The molecule has 0 saturated carbocycles. The second-order valence-corrected chi connectivity index (χ2v) is 6.52. The molecule has 1 aromatic carbocycles. The maximum absolute atomic E-state index is 11.7. The van der Waals surface area contributed by atoms with Gasteiger partial charge in [0.05, 0.1) is 9.65 Å². The van der Waals surface area contributed by atoms with Crippen LogP contribution in [-0.4, -0.2) is 21.5 Å². The molecule has 0 aliphatic heterocycles. The lowest BCUT2D eigenvalue weighted by Gasteiger charge is -2.11. The number of amides is 2. The third-order valence-corrected chi connectivity index (χ3v) is 4.83. The highest BCUT2D eigenvalue weighted by Gasteiger charge is 2.13. The Balaban J connectivity index is 2.61. The summed E-state index contributed by atoms with van der Waals surface area (Å²) in [5, 5.41) is 5.60. The van der Waals surface area contributed by atoms with Crippen molar-refractivity contribution in [1.29, 1.82) is 0 Å². The number of anilines is 2. The first-order chi connectivity index (χ1) is 9.47. The highest BCUT2D eigenvalue weighted by molar-refractivity contribution is 9.10. The van der Waals surface area contributed by atoms with Crippen LogP contribution in [0.1, 0.15) is 26.7 Å². The van der Waals surface area contributed by atoms with Gasteiger partial charge in [0.2, 0.25) is 11.8 Å². The van der Waals surface area contributed by atoms with E-state index in [1.54, 1.807) is 24.3 Å². The van der Waals surface area contributed by atoms with Gasteiger partial charge < -0.3 is 10.6 Å². The van der Waals surface area contributed by atoms with Gasteiger partial charge in [-0.15, -0.1) is 0 Å². The molecule has 4 nitrogen and oxygen atoms in total. The summed E-state index contributed by atoms with van der Waals surface area (Å²) in [5.41, 5.74) is 1.41. The number of alkyl halides is 2. The second kappa shape index (κ2) is 8.42. The monoisotopic (exact) mass is 404 g/mol. The zero-order valence-corrected chi connectivity index (χ0v) is 14.6. The normalized spacial score (nSPS) is 13.4. The summed E-state index contributed by atoms with van der Waals surface area (Å²) in [6.45, 7) is 3.87. The van der Waals surface area contributed by atoms with Crippen molar-refractivity contribution < 1.29 is 9.59 Å². The van der Waals surface area contributed by atoms with E-state index < -0.39 is 0 Å². The fourth-order valence-electron chi connectivity index (χ4n) is 1.45. The molecule has 2 amide bonds. The van der Waals surface area contributed by atoms with E-state index in [0.717, 1.165) is 12.8 Å². The third-order valence-electron chi connectivity index (χ3n) is 2.71. The van der Waals surface area contributed by atoms with Crippen LogP contribution in [0.15, 0.2) is 24.3 Å². The van der Waals surface area contributed by atoms with Crippen LogP contribution in [0, 0.1) is 0 Å². The van der Waals surface area contributed by atoms with Gasteiger partial charge in [-0.25, -0.2) is 0 Å². The van der Waals surface area contributed by atoms with Crippen molar-refractivity contribution in [3.05, 3.63) is 24.3 Å². The zero-order valence-electron chi connectivity index (χ0n) is 11.5. The van der Waals surface area contributed by atoms with Gasteiger partial charge in [0.15, 0.2) is 0 Å². The predicted molar refractivity (Wildman–Crippen MR) is 89.7 cm³/mol. The molecule has 0 aliphatic rings. The van der Waals surface area contributed by atoms with E-state index in [1.165, 1.54) is 0 Å². The number of halogens is 2. The van der Waals surface area contributed by atoms with E-state index >= 15 is 0 Å². The van der Waals surface area contributed by atoms with E-state index in [0.29, 0.717) is 11.4 Å². The molecule has 0 radical (unpaired) electrons. The lowest BCUT2D eigenvalue weighted by Crippen LogP contribution is -2.22. The van der Waals surface area contributed by atoms with Crippen molar-refractivity contribution in [3.8, 4) is 0 Å². The smallest absolute Gasteiger partial charge is 0.238 e. The summed E-state index contributed by atoms with van der Waals surface area (Å²) in [7, 11) is 0. The Labute approximate surface area is 136 Å². The van der Waals surface area contributed by atoms with Crippen LogP contribution in [0.5, 0.6) is 0 Å². The van der Waals surface area contributed by atoms with Crippen molar-refractivity contribution >= 4 is 55.0 Å². The lowest BCUT2D eigenvalue weighted by atomic mass is 10.2. The summed E-state index contributed by atoms with van der Waals surface area (Å²) < 4.78 is 0. The van der Waals surface area contributed by atoms with Gasteiger partial charge in [-0.2, -0.15) is 0 Å². The number of carbonyl (C=O) groups is 2. The molecule has 2 atom stereocenters. The highest BCUT2D eigenvalue weighted by Crippen LogP contribution is 2.17. The molecule has 0 unspecified atom stereocenters. The molecule has 0 spiro atoms. The van der Waals surface area contributed by atoms with Crippen molar-refractivity contribution in [2.45, 2.75) is 36.3 Å². The molecule has 0 aliphatic carbocycles. The summed E-state index contributed by atoms with van der Waals surface area (Å²) in [6.07, 6.45) is 1.45. The molecule has 110 valence electrons. The first kappa shape index (κ1) is 17.2. The largest absolute Gasteiger partial charge is 0.325 e. The number of hydrogen-bond acceptors (Lipinski definition) is 2. The number of benzene rings is 1. The van der Waals surface area contributed by atoms with Crippen LogP contribution in [0.3, 0.4) is 0 Å². The number of carbonyl (C=O) groups excluding carboxylic acids is 2. The second-order valence-electron chi connectivity index (χ2n) is 4.31. The SMILES string of the molecule is CC[C@H](Br)C(=O)Nc1ccc(NC(=O)[C@@H](Br)CC)cc1. The maximum atomic E-state index is 11.7. The third kappa shape index (κ3) is 5.25. The van der Waals surface area contributed by atoms with E-state index in [-0.39, 0.29) is 21.5 Å². The molecule has 0 fully saturated rings. The van der Waals surface area contributed by atoms with E-state index in [1.807, 2.05) is 13.8 Å². The minimum Gasteiger partial charge on any atom is -0.325 e. The standard InChI is InChI=1S/C14H18Br2N2O2/c1-3-11(15)13(19)17-9-5-7-10(8-6-9)18-14(20)12(16)4-2/h5-8,11-12H,3-4H2,1-2H3,(H,17,19)(H,18,20)/t11-,12-/m0/s1. The molecule has 2 N–H and O–H groups in total. The first-order valence-corrected chi connectivity index (χ1v) is 8.31. The van der Waals surface area contributed by atoms with E-state index in [2.05, 4.69) is 42.5 Å². The molecule has 0 saturated heterocycles.